The second kappa shape index (κ2) is 5.46. The van der Waals surface area contributed by atoms with Gasteiger partial charge in [-0.15, -0.1) is 0 Å². The number of urea groups is 1. The van der Waals surface area contributed by atoms with Crippen molar-refractivity contribution >= 4 is 11.8 Å². The fourth-order valence-electron chi connectivity index (χ4n) is 1.62. The van der Waals surface area contributed by atoms with Crippen LogP contribution in [0.4, 0.5) is 10.6 Å². The van der Waals surface area contributed by atoms with Crippen LogP contribution < -0.4 is 10.6 Å². The molecule has 0 radical (unpaired) electrons. The van der Waals surface area contributed by atoms with Crippen LogP contribution in [0.5, 0.6) is 0 Å². The molecule has 0 spiro atoms. The summed E-state index contributed by atoms with van der Waals surface area (Å²) in [5, 5.41) is 5.58. The van der Waals surface area contributed by atoms with Crippen molar-refractivity contribution in [3.05, 3.63) is 24.4 Å². The van der Waals surface area contributed by atoms with Crippen molar-refractivity contribution in [2.24, 2.45) is 0 Å². The Labute approximate surface area is 94.2 Å². The Bertz CT molecular complexity index is 336. The molecule has 1 aromatic rings. The van der Waals surface area contributed by atoms with Gasteiger partial charge in [-0.05, 0) is 25.0 Å². The molecule has 2 amide bonds. The van der Waals surface area contributed by atoms with Gasteiger partial charge < -0.3 is 10.1 Å². The molecule has 16 heavy (non-hydrogen) atoms. The number of hydrogen-bond acceptors (Lipinski definition) is 3. The van der Waals surface area contributed by atoms with Gasteiger partial charge >= 0.3 is 6.03 Å². The number of anilines is 1. The highest BCUT2D eigenvalue weighted by atomic mass is 16.5. The highest BCUT2D eigenvalue weighted by molar-refractivity contribution is 5.88. The number of nitrogens with one attached hydrogen (secondary N) is 2. The number of nitrogens with zero attached hydrogens (tertiary/aromatic N) is 1. The summed E-state index contributed by atoms with van der Waals surface area (Å²) in [5.41, 5.74) is 0. The summed E-state index contributed by atoms with van der Waals surface area (Å²) in [7, 11) is 0. The number of carbonyl (C=O) groups is 1. The molecule has 0 bridgehead atoms. The molecular weight excluding hydrogens is 206 g/mol. The van der Waals surface area contributed by atoms with Crippen molar-refractivity contribution < 1.29 is 9.53 Å². The van der Waals surface area contributed by atoms with Crippen molar-refractivity contribution in [1.82, 2.24) is 10.3 Å². The molecule has 5 nitrogen and oxygen atoms in total. The largest absolute Gasteiger partial charge is 0.381 e. The summed E-state index contributed by atoms with van der Waals surface area (Å²) in [6.07, 6.45) is 3.38. The molecule has 2 heterocycles. The number of pyridine rings is 1. The van der Waals surface area contributed by atoms with E-state index in [0.717, 1.165) is 12.8 Å². The Morgan fingerprint density at radius 3 is 2.88 bits per heavy atom. The predicted molar refractivity (Wildman–Crippen MR) is 60.2 cm³/mol. The minimum Gasteiger partial charge on any atom is -0.381 e. The molecule has 86 valence electrons. The lowest BCUT2D eigenvalue weighted by Gasteiger charge is -2.23. The van der Waals surface area contributed by atoms with E-state index in [4.69, 9.17) is 4.74 Å². The SMILES string of the molecule is O=C(Nc1ccccn1)NC1CCOCC1. The summed E-state index contributed by atoms with van der Waals surface area (Å²) >= 11 is 0. The Balaban J connectivity index is 1.80. The average Bonchev–Trinajstić information content (AvgIpc) is 2.31. The average molecular weight is 221 g/mol. The van der Waals surface area contributed by atoms with Crippen molar-refractivity contribution in [2.75, 3.05) is 18.5 Å². The highest BCUT2D eigenvalue weighted by Crippen LogP contribution is 2.06. The van der Waals surface area contributed by atoms with E-state index in [1.807, 2.05) is 12.1 Å². The molecule has 2 N–H and O–H groups in total. The molecule has 1 saturated heterocycles. The van der Waals surface area contributed by atoms with Gasteiger partial charge in [-0.1, -0.05) is 6.07 Å². The summed E-state index contributed by atoms with van der Waals surface area (Å²) in [5.74, 6) is 0.562. The van der Waals surface area contributed by atoms with Gasteiger partial charge in [0.05, 0.1) is 0 Å². The first-order valence-corrected chi connectivity index (χ1v) is 5.41. The summed E-state index contributed by atoms with van der Waals surface area (Å²) < 4.78 is 5.22. The molecule has 0 saturated carbocycles. The number of aromatic nitrogens is 1. The Morgan fingerprint density at radius 1 is 1.38 bits per heavy atom. The Hall–Kier alpha value is -1.62. The van der Waals surface area contributed by atoms with Gasteiger partial charge in [0.25, 0.3) is 0 Å². The van der Waals surface area contributed by atoms with Crippen molar-refractivity contribution in [3.8, 4) is 0 Å². The van der Waals surface area contributed by atoms with E-state index in [-0.39, 0.29) is 12.1 Å². The fourth-order valence-corrected chi connectivity index (χ4v) is 1.62. The van der Waals surface area contributed by atoms with Gasteiger partial charge in [-0.2, -0.15) is 0 Å². The smallest absolute Gasteiger partial charge is 0.320 e. The lowest BCUT2D eigenvalue weighted by molar-refractivity contribution is 0.0806. The predicted octanol–water partition coefficient (Wildman–Crippen LogP) is 1.38. The molecule has 0 unspecified atom stereocenters. The lowest BCUT2D eigenvalue weighted by atomic mass is 10.1. The molecule has 0 aromatic carbocycles. The van der Waals surface area contributed by atoms with E-state index in [1.54, 1.807) is 12.3 Å². The van der Waals surface area contributed by atoms with E-state index >= 15 is 0 Å². The highest BCUT2D eigenvalue weighted by Gasteiger charge is 2.15. The van der Waals surface area contributed by atoms with Gasteiger partial charge in [0, 0.05) is 25.5 Å². The van der Waals surface area contributed by atoms with Gasteiger partial charge in [-0.3, -0.25) is 5.32 Å². The summed E-state index contributed by atoms with van der Waals surface area (Å²) in [6.45, 7) is 1.43. The molecule has 2 rings (SSSR count). The minimum absolute atomic E-state index is 0.203. The Morgan fingerprint density at radius 2 is 2.19 bits per heavy atom. The number of amides is 2. The summed E-state index contributed by atoms with van der Waals surface area (Å²) in [6, 6.07) is 5.39. The Kier molecular flexibility index (Phi) is 3.71. The standard InChI is InChI=1S/C11H15N3O2/c15-11(13-9-4-7-16-8-5-9)14-10-3-1-2-6-12-10/h1-3,6,9H,4-5,7-8H2,(H2,12,13,14,15). The van der Waals surface area contributed by atoms with Crippen molar-refractivity contribution in [2.45, 2.75) is 18.9 Å². The van der Waals surface area contributed by atoms with Crippen LogP contribution in [0.15, 0.2) is 24.4 Å². The van der Waals surface area contributed by atoms with E-state index in [2.05, 4.69) is 15.6 Å². The first kappa shape index (κ1) is 10.9. The molecule has 1 aliphatic rings. The molecule has 0 aliphatic carbocycles. The maximum absolute atomic E-state index is 11.6. The molecular formula is C11H15N3O2. The second-order valence-electron chi connectivity index (χ2n) is 3.70. The van der Waals surface area contributed by atoms with Gasteiger partial charge in [0.1, 0.15) is 5.82 Å². The zero-order valence-electron chi connectivity index (χ0n) is 8.98. The number of hydrogen-bond donors (Lipinski definition) is 2. The number of carbonyl (C=O) groups excluding carboxylic acids is 1. The van der Waals surface area contributed by atoms with Crippen molar-refractivity contribution in [1.29, 1.82) is 0 Å². The maximum atomic E-state index is 11.6. The van der Waals surface area contributed by atoms with E-state index in [9.17, 15) is 4.79 Å². The second-order valence-corrected chi connectivity index (χ2v) is 3.70. The number of rotatable bonds is 2. The third-order valence-corrected chi connectivity index (χ3v) is 2.46. The van der Waals surface area contributed by atoms with Crippen LogP contribution in [-0.2, 0) is 4.74 Å². The molecule has 5 heteroatoms. The normalized spacial score (nSPS) is 16.8. The maximum Gasteiger partial charge on any atom is 0.320 e. The third kappa shape index (κ3) is 3.20. The zero-order valence-corrected chi connectivity index (χ0v) is 8.98. The first-order chi connectivity index (χ1) is 7.84. The van der Waals surface area contributed by atoms with Crippen LogP contribution in [0.25, 0.3) is 0 Å². The minimum atomic E-state index is -0.203. The molecule has 1 aliphatic heterocycles. The van der Waals surface area contributed by atoms with Crippen LogP contribution in [-0.4, -0.2) is 30.3 Å². The third-order valence-electron chi connectivity index (χ3n) is 2.46. The molecule has 0 atom stereocenters. The van der Waals surface area contributed by atoms with Crippen LogP contribution >= 0.6 is 0 Å². The van der Waals surface area contributed by atoms with E-state index in [1.165, 1.54) is 0 Å². The molecule has 1 aromatic heterocycles. The van der Waals surface area contributed by atoms with Crippen molar-refractivity contribution in [3.63, 3.8) is 0 Å². The monoisotopic (exact) mass is 221 g/mol. The van der Waals surface area contributed by atoms with Crippen LogP contribution in [0.3, 0.4) is 0 Å². The fraction of sp³-hybridized carbons (Fsp3) is 0.455. The molecule has 1 fully saturated rings. The van der Waals surface area contributed by atoms with E-state index < -0.39 is 0 Å². The lowest BCUT2D eigenvalue weighted by Crippen LogP contribution is -2.41. The van der Waals surface area contributed by atoms with Gasteiger partial charge in [0.2, 0.25) is 0 Å². The number of ether oxygens (including phenoxy) is 1. The first-order valence-electron chi connectivity index (χ1n) is 5.41. The summed E-state index contributed by atoms with van der Waals surface area (Å²) in [4.78, 5) is 15.6. The van der Waals surface area contributed by atoms with Crippen LogP contribution in [0, 0.1) is 0 Å². The topological polar surface area (TPSA) is 63.2 Å². The van der Waals surface area contributed by atoms with Crippen LogP contribution in [0.1, 0.15) is 12.8 Å². The van der Waals surface area contributed by atoms with Crippen LogP contribution in [0.2, 0.25) is 0 Å². The van der Waals surface area contributed by atoms with Gasteiger partial charge in [-0.25, -0.2) is 9.78 Å². The quantitative estimate of drug-likeness (QED) is 0.793. The van der Waals surface area contributed by atoms with Gasteiger partial charge in [0.15, 0.2) is 0 Å². The zero-order chi connectivity index (χ0) is 11.2. The van der Waals surface area contributed by atoms with E-state index in [0.29, 0.717) is 19.0 Å².